The molecule has 0 amide bonds. The molecule has 1 aromatic rings. The van der Waals surface area contributed by atoms with E-state index in [1.165, 1.54) is 11.6 Å². The summed E-state index contributed by atoms with van der Waals surface area (Å²) in [4.78, 5) is 11.2. The molecule has 0 saturated heterocycles. The number of hydrogen-bond donors (Lipinski definition) is 0. The van der Waals surface area contributed by atoms with Crippen LogP contribution in [0, 0.1) is 5.92 Å². The second-order valence-electron chi connectivity index (χ2n) is 3.47. The number of hydrogen-bond acceptors (Lipinski definition) is 1. The van der Waals surface area contributed by atoms with Crippen LogP contribution in [-0.4, -0.2) is 5.78 Å². The summed E-state index contributed by atoms with van der Waals surface area (Å²) in [5.41, 5.74) is 1.28. The Morgan fingerprint density at radius 3 is 2.69 bits per heavy atom. The van der Waals surface area contributed by atoms with Gasteiger partial charge in [-0.15, -0.1) is 0 Å². The lowest BCUT2D eigenvalue weighted by molar-refractivity contribution is -0.115. The highest BCUT2D eigenvalue weighted by Gasteiger charge is 2.42. The van der Waals surface area contributed by atoms with Gasteiger partial charge in [-0.25, -0.2) is 0 Å². The molecule has 0 heterocycles. The molecule has 2 atom stereocenters. The molecule has 1 heteroatoms. The van der Waals surface area contributed by atoms with E-state index in [4.69, 9.17) is 0 Å². The normalized spacial score (nSPS) is 25.2. The molecular formula is C12H12O. The topological polar surface area (TPSA) is 17.1 Å². The monoisotopic (exact) mass is 172 g/mol. The summed E-state index contributed by atoms with van der Waals surface area (Å²) in [6.07, 6.45) is 2.43. The van der Waals surface area contributed by atoms with Crippen molar-refractivity contribution in [2.24, 2.45) is 5.92 Å². The lowest BCUT2D eigenvalue weighted by Gasteiger charge is -1.96. The number of carbonyl (C=O) groups excluding carboxylic acids is 1. The number of allylic oxidation sites excluding steroid dienone is 1. The van der Waals surface area contributed by atoms with Crippen LogP contribution >= 0.6 is 0 Å². The van der Waals surface area contributed by atoms with Crippen molar-refractivity contribution in [3.05, 3.63) is 48.6 Å². The van der Waals surface area contributed by atoms with Crippen molar-refractivity contribution in [3.8, 4) is 0 Å². The van der Waals surface area contributed by atoms with Crippen molar-refractivity contribution < 1.29 is 4.79 Å². The molecule has 0 radical (unpaired) electrons. The third kappa shape index (κ3) is 1.55. The van der Waals surface area contributed by atoms with E-state index in [-0.39, 0.29) is 11.7 Å². The summed E-state index contributed by atoms with van der Waals surface area (Å²) in [7, 11) is 0. The fourth-order valence-electron chi connectivity index (χ4n) is 1.73. The molecular weight excluding hydrogens is 160 g/mol. The highest BCUT2D eigenvalue weighted by atomic mass is 16.1. The first-order chi connectivity index (χ1) is 6.33. The smallest absolute Gasteiger partial charge is 0.158 e. The highest BCUT2D eigenvalue weighted by Crippen LogP contribution is 2.47. The predicted octanol–water partition coefficient (Wildman–Crippen LogP) is 2.55. The zero-order valence-corrected chi connectivity index (χ0v) is 7.44. The second-order valence-corrected chi connectivity index (χ2v) is 3.47. The van der Waals surface area contributed by atoms with Gasteiger partial charge >= 0.3 is 0 Å². The van der Waals surface area contributed by atoms with Gasteiger partial charge < -0.3 is 0 Å². The number of benzene rings is 1. The quantitative estimate of drug-likeness (QED) is 0.640. The third-order valence-electron chi connectivity index (χ3n) is 2.58. The Bertz CT molecular complexity index is 326. The third-order valence-corrected chi connectivity index (χ3v) is 2.58. The summed E-state index contributed by atoms with van der Waals surface area (Å²) in [6.45, 7) is 3.50. The van der Waals surface area contributed by atoms with E-state index in [2.05, 4.69) is 18.7 Å². The standard InChI is InChI=1S/C12H12O/c1-2-12(13)11-8-10(11)9-6-4-3-5-7-9/h2-7,10-11H,1,8H2/t10-,11+/m0/s1. The van der Waals surface area contributed by atoms with E-state index < -0.39 is 0 Å². The number of ketones is 1. The average molecular weight is 172 g/mol. The summed E-state index contributed by atoms with van der Waals surface area (Å²) in [5, 5.41) is 0. The van der Waals surface area contributed by atoms with Crippen LogP contribution in [0.15, 0.2) is 43.0 Å². The zero-order valence-electron chi connectivity index (χ0n) is 7.44. The molecule has 1 aliphatic rings. The van der Waals surface area contributed by atoms with Gasteiger partial charge in [0.1, 0.15) is 0 Å². The molecule has 0 bridgehead atoms. The van der Waals surface area contributed by atoms with Gasteiger partial charge in [0, 0.05) is 5.92 Å². The van der Waals surface area contributed by atoms with Crippen molar-refractivity contribution in [1.29, 1.82) is 0 Å². The van der Waals surface area contributed by atoms with Gasteiger partial charge in [0.05, 0.1) is 0 Å². The minimum atomic E-state index is 0.189. The number of rotatable bonds is 3. The van der Waals surface area contributed by atoms with Gasteiger partial charge in [-0.05, 0) is 24.0 Å². The zero-order chi connectivity index (χ0) is 9.26. The average Bonchev–Trinajstić information content (AvgIpc) is 2.98. The summed E-state index contributed by atoms with van der Waals surface area (Å²) >= 11 is 0. The van der Waals surface area contributed by atoms with Crippen molar-refractivity contribution in [3.63, 3.8) is 0 Å². The molecule has 1 nitrogen and oxygen atoms in total. The van der Waals surface area contributed by atoms with Gasteiger partial charge in [0.25, 0.3) is 0 Å². The molecule has 1 saturated carbocycles. The molecule has 0 N–H and O–H groups in total. The molecule has 2 rings (SSSR count). The Morgan fingerprint density at radius 1 is 1.38 bits per heavy atom. The first-order valence-corrected chi connectivity index (χ1v) is 4.54. The van der Waals surface area contributed by atoms with Crippen LogP contribution < -0.4 is 0 Å². The largest absolute Gasteiger partial charge is 0.295 e. The van der Waals surface area contributed by atoms with E-state index in [0.717, 1.165) is 6.42 Å². The van der Waals surface area contributed by atoms with E-state index in [1.807, 2.05) is 18.2 Å². The Labute approximate surface area is 78.1 Å². The molecule has 0 unspecified atom stereocenters. The summed E-state index contributed by atoms with van der Waals surface area (Å²) < 4.78 is 0. The molecule has 0 aromatic heterocycles. The number of carbonyl (C=O) groups is 1. The fourth-order valence-corrected chi connectivity index (χ4v) is 1.73. The first kappa shape index (κ1) is 8.24. The van der Waals surface area contributed by atoms with Gasteiger partial charge in [-0.2, -0.15) is 0 Å². The van der Waals surface area contributed by atoms with Crippen molar-refractivity contribution in [2.45, 2.75) is 12.3 Å². The van der Waals surface area contributed by atoms with Crippen LogP contribution in [0.1, 0.15) is 17.9 Å². The minimum absolute atomic E-state index is 0.189. The fraction of sp³-hybridized carbons (Fsp3) is 0.250. The van der Waals surface area contributed by atoms with Crippen LogP contribution in [0.2, 0.25) is 0 Å². The molecule has 1 fully saturated rings. The Balaban J connectivity index is 2.08. The molecule has 0 spiro atoms. The minimum Gasteiger partial charge on any atom is -0.295 e. The molecule has 1 aromatic carbocycles. The summed E-state index contributed by atoms with van der Waals surface area (Å²) in [6, 6.07) is 10.2. The van der Waals surface area contributed by atoms with Crippen LogP contribution in [0.3, 0.4) is 0 Å². The second kappa shape index (κ2) is 3.17. The molecule has 13 heavy (non-hydrogen) atoms. The first-order valence-electron chi connectivity index (χ1n) is 4.54. The summed E-state index contributed by atoms with van der Waals surface area (Å²) in [5.74, 6) is 0.848. The molecule has 0 aliphatic heterocycles. The SMILES string of the molecule is C=CC(=O)[C@@H]1C[C@H]1c1ccccc1. The van der Waals surface area contributed by atoms with Gasteiger partial charge in [0.15, 0.2) is 5.78 Å². The van der Waals surface area contributed by atoms with E-state index >= 15 is 0 Å². The van der Waals surface area contributed by atoms with Gasteiger partial charge in [-0.1, -0.05) is 36.9 Å². The highest BCUT2D eigenvalue weighted by molar-refractivity contribution is 5.94. The van der Waals surface area contributed by atoms with Crippen LogP contribution in [0.25, 0.3) is 0 Å². The maximum absolute atomic E-state index is 11.2. The van der Waals surface area contributed by atoms with E-state index in [1.54, 1.807) is 0 Å². The van der Waals surface area contributed by atoms with E-state index in [0.29, 0.717) is 5.92 Å². The lowest BCUT2D eigenvalue weighted by atomic mass is 10.1. The van der Waals surface area contributed by atoms with Crippen LogP contribution in [0.5, 0.6) is 0 Å². The Hall–Kier alpha value is -1.37. The predicted molar refractivity (Wildman–Crippen MR) is 52.5 cm³/mol. The van der Waals surface area contributed by atoms with E-state index in [9.17, 15) is 4.79 Å². The Kier molecular flexibility index (Phi) is 2.01. The maximum atomic E-state index is 11.2. The molecule has 66 valence electrons. The van der Waals surface area contributed by atoms with Crippen LogP contribution in [-0.2, 0) is 4.79 Å². The van der Waals surface area contributed by atoms with Crippen molar-refractivity contribution in [1.82, 2.24) is 0 Å². The van der Waals surface area contributed by atoms with Crippen molar-refractivity contribution in [2.75, 3.05) is 0 Å². The maximum Gasteiger partial charge on any atom is 0.158 e. The Morgan fingerprint density at radius 2 is 2.08 bits per heavy atom. The molecule has 1 aliphatic carbocycles. The van der Waals surface area contributed by atoms with Crippen LogP contribution in [0.4, 0.5) is 0 Å². The van der Waals surface area contributed by atoms with Gasteiger partial charge in [-0.3, -0.25) is 4.79 Å². The van der Waals surface area contributed by atoms with Crippen molar-refractivity contribution >= 4 is 5.78 Å². The van der Waals surface area contributed by atoms with Gasteiger partial charge in [0.2, 0.25) is 0 Å². The lowest BCUT2D eigenvalue weighted by Crippen LogP contribution is -1.96.